The summed E-state index contributed by atoms with van der Waals surface area (Å²) in [6.07, 6.45) is -0.880. The minimum absolute atomic E-state index is 0.194. The molecule has 0 amide bonds. The van der Waals surface area contributed by atoms with Gasteiger partial charge in [-0.2, -0.15) is 0 Å². The Hall–Kier alpha value is -2.64. The maximum absolute atomic E-state index is 13.0. The Bertz CT molecular complexity index is 764. The van der Waals surface area contributed by atoms with E-state index >= 15 is 0 Å². The number of hydrogen-bond acceptors (Lipinski definition) is 7. The van der Waals surface area contributed by atoms with Gasteiger partial charge in [-0.15, -0.1) is 0 Å². The Morgan fingerprint density at radius 1 is 0.964 bits per heavy atom. The summed E-state index contributed by atoms with van der Waals surface area (Å²) in [5.74, 6) is -1.90. The molecule has 1 unspecified atom stereocenters. The first-order valence-corrected chi connectivity index (χ1v) is 9.17. The van der Waals surface area contributed by atoms with Gasteiger partial charge in [0, 0.05) is 19.9 Å². The highest BCUT2D eigenvalue weighted by Gasteiger charge is 2.43. The smallest absolute Gasteiger partial charge is 0.336 e. The highest BCUT2D eigenvalue weighted by molar-refractivity contribution is 6.03. The van der Waals surface area contributed by atoms with Crippen molar-refractivity contribution in [3.05, 3.63) is 52.7 Å². The Balaban J connectivity index is 2.72. The van der Waals surface area contributed by atoms with Gasteiger partial charge in [0.15, 0.2) is 6.29 Å². The van der Waals surface area contributed by atoms with E-state index in [1.54, 1.807) is 20.8 Å². The first-order valence-electron chi connectivity index (χ1n) is 9.17. The molecule has 1 N–H and O–H groups in total. The quantitative estimate of drug-likeness (QED) is 0.540. The molecule has 1 heterocycles. The third-order valence-corrected chi connectivity index (χ3v) is 4.40. The molecule has 1 aliphatic rings. The third kappa shape index (κ3) is 4.43. The van der Waals surface area contributed by atoms with Crippen LogP contribution >= 0.6 is 0 Å². The molecule has 0 radical (unpaired) electrons. The fourth-order valence-electron chi connectivity index (χ4n) is 3.26. The second-order valence-electron chi connectivity index (χ2n) is 6.08. The molecular formula is C21H27NO6. The summed E-state index contributed by atoms with van der Waals surface area (Å²) >= 11 is 0. The molecule has 1 aromatic rings. The van der Waals surface area contributed by atoms with Crippen LogP contribution < -0.4 is 5.32 Å². The zero-order valence-electron chi connectivity index (χ0n) is 16.9. The monoisotopic (exact) mass is 389 g/mol. The van der Waals surface area contributed by atoms with E-state index in [2.05, 4.69) is 5.32 Å². The second kappa shape index (κ2) is 10.1. The van der Waals surface area contributed by atoms with Crippen LogP contribution in [0.1, 0.15) is 26.3 Å². The summed E-state index contributed by atoms with van der Waals surface area (Å²) in [5, 5.41) is 3.19. The summed E-state index contributed by atoms with van der Waals surface area (Å²) in [5.41, 5.74) is 2.43. The molecule has 28 heavy (non-hydrogen) atoms. The van der Waals surface area contributed by atoms with Crippen LogP contribution in [0.2, 0.25) is 0 Å². The number of dihydropyridines is 1. The fraction of sp³-hybridized carbons (Fsp3) is 0.429. The molecule has 0 saturated carbocycles. The minimum Gasteiger partial charge on any atom is -0.463 e. The highest BCUT2D eigenvalue weighted by atomic mass is 16.7. The van der Waals surface area contributed by atoms with Crippen LogP contribution in [0.25, 0.3) is 5.70 Å². The lowest BCUT2D eigenvalue weighted by Crippen LogP contribution is -2.40. The number of rotatable bonds is 8. The normalized spacial score (nSPS) is 16.9. The van der Waals surface area contributed by atoms with Gasteiger partial charge in [-0.05, 0) is 26.3 Å². The van der Waals surface area contributed by atoms with Crippen LogP contribution in [0.5, 0.6) is 0 Å². The molecule has 0 aliphatic carbocycles. The van der Waals surface area contributed by atoms with Gasteiger partial charge in [0.25, 0.3) is 0 Å². The molecule has 0 aromatic heterocycles. The molecule has 0 spiro atoms. The number of methoxy groups -OCH3 is 2. The predicted molar refractivity (Wildman–Crippen MR) is 104 cm³/mol. The Morgan fingerprint density at radius 3 is 2.00 bits per heavy atom. The number of hydrogen-bond donors (Lipinski definition) is 1. The van der Waals surface area contributed by atoms with Gasteiger partial charge in [-0.25, -0.2) is 9.59 Å². The number of allylic oxidation sites excluding steroid dienone is 1. The van der Waals surface area contributed by atoms with E-state index < -0.39 is 24.1 Å². The minimum atomic E-state index is -0.880. The SMILES string of the molecule is CCOC(=O)C1=C(C)NC(c2ccccc2)=C(C(=O)OCC)C1C(OC)OC. The van der Waals surface area contributed by atoms with Crippen LogP contribution in [0, 0.1) is 5.92 Å². The van der Waals surface area contributed by atoms with Gasteiger partial charge in [-0.3, -0.25) is 0 Å². The number of carbonyl (C=O) groups is 2. The van der Waals surface area contributed by atoms with Crippen molar-refractivity contribution in [2.75, 3.05) is 27.4 Å². The van der Waals surface area contributed by atoms with Gasteiger partial charge < -0.3 is 24.3 Å². The molecule has 1 aliphatic heterocycles. The van der Waals surface area contributed by atoms with Crippen LogP contribution in [-0.4, -0.2) is 45.7 Å². The number of ether oxygens (including phenoxy) is 4. The Morgan fingerprint density at radius 2 is 1.50 bits per heavy atom. The third-order valence-electron chi connectivity index (χ3n) is 4.40. The molecule has 0 bridgehead atoms. The summed E-state index contributed by atoms with van der Waals surface area (Å²) < 4.78 is 21.4. The van der Waals surface area contributed by atoms with E-state index in [4.69, 9.17) is 18.9 Å². The molecule has 1 aromatic carbocycles. The van der Waals surface area contributed by atoms with E-state index in [1.807, 2.05) is 30.3 Å². The zero-order chi connectivity index (χ0) is 20.7. The lowest BCUT2D eigenvalue weighted by molar-refractivity contribution is -0.150. The van der Waals surface area contributed by atoms with Crippen molar-refractivity contribution in [1.29, 1.82) is 0 Å². The van der Waals surface area contributed by atoms with Crippen molar-refractivity contribution in [1.82, 2.24) is 5.32 Å². The topological polar surface area (TPSA) is 83.1 Å². The number of esters is 2. The van der Waals surface area contributed by atoms with Crippen molar-refractivity contribution in [3.8, 4) is 0 Å². The van der Waals surface area contributed by atoms with Crippen LogP contribution in [0.3, 0.4) is 0 Å². The van der Waals surface area contributed by atoms with Crippen molar-refractivity contribution in [2.45, 2.75) is 27.1 Å². The van der Waals surface area contributed by atoms with E-state index in [1.165, 1.54) is 14.2 Å². The van der Waals surface area contributed by atoms with Gasteiger partial charge in [0.2, 0.25) is 0 Å². The first kappa shape index (κ1) is 21.7. The molecule has 7 heteroatoms. The molecule has 0 fully saturated rings. The highest BCUT2D eigenvalue weighted by Crippen LogP contribution is 2.38. The molecule has 152 valence electrons. The van der Waals surface area contributed by atoms with Crippen molar-refractivity contribution in [2.24, 2.45) is 5.92 Å². The molecule has 2 rings (SSSR count). The molecule has 1 atom stereocenters. The second-order valence-corrected chi connectivity index (χ2v) is 6.08. The maximum atomic E-state index is 13.0. The maximum Gasteiger partial charge on any atom is 0.336 e. The van der Waals surface area contributed by atoms with Crippen LogP contribution in [0.4, 0.5) is 0 Å². The number of nitrogens with one attached hydrogen (secondary N) is 1. The molecular weight excluding hydrogens is 362 g/mol. The summed E-state index contributed by atoms with van der Waals surface area (Å²) in [4.78, 5) is 25.7. The van der Waals surface area contributed by atoms with E-state index in [9.17, 15) is 9.59 Å². The van der Waals surface area contributed by atoms with Gasteiger partial charge in [-0.1, -0.05) is 30.3 Å². The van der Waals surface area contributed by atoms with Gasteiger partial charge >= 0.3 is 11.9 Å². The molecule has 7 nitrogen and oxygen atoms in total. The largest absolute Gasteiger partial charge is 0.463 e. The van der Waals surface area contributed by atoms with Crippen molar-refractivity contribution >= 4 is 17.6 Å². The van der Waals surface area contributed by atoms with Gasteiger partial charge in [0.1, 0.15) is 0 Å². The number of benzene rings is 1. The predicted octanol–water partition coefficient (Wildman–Crippen LogP) is 2.64. The Kier molecular flexibility index (Phi) is 7.78. The van der Waals surface area contributed by atoms with E-state index in [0.717, 1.165) is 5.56 Å². The van der Waals surface area contributed by atoms with Crippen molar-refractivity contribution < 1.29 is 28.5 Å². The van der Waals surface area contributed by atoms with Crippen LogP contribution in [-0.2, 0) is 28.5 Å². The average molecular weight is 389 g/mol. The standard InChI is InChI=1S/C21H27NO6/c1-6-27-19(23)15-13(3)22-18(14-11-9-8-10-12-14)17(20(24)28-7-2)16(15)21(25-4)26-5/h8-12,16,21-22H,6-7H2,1-5H3. The van der Waals surface area contributed by atoms with Crippen LogP contribution in [0.15, 0.2) is 47.2 Å². The molecule has 0 saturated heterocycles. The fourth-order valence-corrected chi connectivity index (χ4v) is 3.26. The van der Waals surface area contributed by atoms with Crippen molar-refractivity contribution in [3.63, 3.8) is 0 Å². The summed E-state index contributed by atoms with van der Waals surface area (Å²) in [6, 6.07) is 9.36. The van der Waals surface area contributed by atoms with E-state index in [0.29, 0.717) is 11.4 Å². The zero-order valence-corrected chi connectivity index (χ0v) is 16.9. The van der Waals surface area contributed by atoms with Gasteiger partial charge in [0.05, 0.1) is 36.0 Å². The average Bonchev–Trinajstić information content (AvgIpc) is 2.69. The Labute approximate surface area is 165 Å². The lowest BCUT2D eigenvalue weighted by Gasteiger charge is -2.34. The lowest BCUT2D eigenvalue weighted by atomic mass is 9.83. The summed E-state index contributed by atoms with van der Waals surface area (Å²) in [6.45, 7) is 5.60. The first-order chi connectivity index (χ1) is 13.5. The van der Waals surface area contributed by atoms with E-state index in [-0.39, 0.29) is 24.4 Å². The number of carbonyl (C=O) groups excluding carboxylic acids is 2. The summed E-state index contributed by atoms with van der Waals surface area (Å²) in [7, 11) is 2.92.